The smallest absolute Gasteiger partial charge is 0.249 e. The lowest BCUT2D eigenvalue weighted by molar-refractivity contribution is 0.584. The van der Waals surface area contributed by atoms with E-state index in [4.69, 9.17) is 4.42 Å². The van der Waals surface area contributed by atoms with Crippen molar-refractivity contribution in [2.24, 2.45) is 0 Å². The van der Waals surface area contributed by atoms with Crippen LogP contribution in [0, 0.1) is 0 Å². The Morgan fingerprint density at radius 2 is 1.71 bits per heavy atom. The summed E-state index contributed by atoms with van der Waals surface area (Å²) >= 11 is 3.49. The third kappa shape index (κ3) is 2.83. The number of hydrogen-bond acceptors (Lipinski definition) is 4. The van der Waals surface area contributed by atoms with E-state index in [2.05, 4.69) is 26.1 Å². The number of nitrogens with zero attached hydrogens (tertiary/aromatic N) is 3. The summed E-state index contributed by atoms with van der Waals surface area (Å²) in [6.07, 6.45) is 0. The summed E-state index contributed by atoms with van der Waals surface area (Å²) in [6.45, 7) is 0. The van der Waals surface area contributed by atoms with Crippen molar-refractivity contribution in [3.63, 3.8) is 0 Å². The van der Waals surface area contributed by atoms with Gasteiger partial charge in [-0.2, -0.15) is 0 Å². The molecule has 0 aliphatic carbocycles. The number of benzene rings is 2. The lowest BCUT2D eigenvalue weighted by Gasteiger charge is -2.12. The van der Waals surface area contributed by atoms with Crippen molar-refractivity contribution in [2.75, 3.05) is 19.0 Å². The molecule has 3 aromatic rings. The van der Waals surface area contributed by atoms with Crippen molar-refractivity contribution in [1.82, 2.24) is 10.2 Å². The second-order valence-corrected chi connectivity index (χ2v) is 5.69. The number of halogens is 1. The van der Waals surface area contributed by atoms with Crippen molar-refractivity contribution < 1.29 is 4.42 Å². The number of rotatable bonds is 3. The molecule has 0 saturated heterocycles. The van der Waals surface area contributed by atoms with Crippen LogP contribution >= 0.6 is 15.9 Å². The highest BCUT2D eigenvalue weighted by molar-refractivity contribution is 9.10. The maximum atomic E-state index is 5.80. The van der Waals surface area contributed by atoms with Gasteiger partial charge >= 0.3 is 0 Å². The molecule has 0 aliphatic heterocycles. The predicted molar refractivity (Wildman–Crippen MR) is 87.2 cm³/mol. The molecule has 0 bridgehead atoms. The van der Waals surface area contributed by atoms with Gasteiger partial charge in [0.1, 0.15) is 0 Å². The van der Waals surface area contributed by atoms with Crippen LogP contribution in [0.2, 0.25) is 0 Å². The van der Waals surface area contributed by atoms with Gasteiger partial charge in [0.25, 0.3) is 0 Å². The summed E-state index contributed by atoms with van der Waals surface area (Å²) < 4.78 is 6.73. The summed E-state index contributed by atoms with van der Waals surface area (Å²) in [5.41, 5.74) is 2.89. The second kappa shape index (κ2) is 5.69. The normalized spacial score (nSPS) is 10.6. The molecule has 3 rings (SSSR count). The van der Waals surface area contributed by atoms with Crippen LogP contribution in [0.15, 0.2) is 57.4 Å². The monoisotopic (exact) mass is 343 g/mol. The van der Waals surface area contributed by atoms with E-state index in [0.717, 1.165) is 21.3 Å². The minimum absolute atomic E-state index is 0.507. The van der Waals surface area contributed by atoms with Crippen molar-refractivity contribution >= 4 is 21.6 Å². The molecule has 1 aromatic heterocycles. The molecule has 21 heavy (non-hydrogen) atoms. The first-order valence-corrected chi connectivity index (χ1v) is 7.30. The molecule has 106 valence electrons. The van der Waals surface area contributed by atoms with E-state index in [0.29, 0.717) is 11.8 Å². The molecule has 0 radical (unpaired) electrons. The Morgan fingerprint density at radius 1 is 0.952 bits per heavy atom. The van der Waals surface area contributed by atoms with Crippen molar-refractivity contribution in [2.45, 2.75) is 0 Å². The lowest BCUT2D eigenvalue weighted by Crippen LogP contribution is -2.08. The van der Waals surface area contributed by atoms with Gasteiger partial charge in [-0.05, 0) is 46.3 Å². The lowest BCUT2D eigenvalue weighted by atomic mass is 10.2. The SMILES string of the molecule is CN(C)c1cccc(-c2nnc(-c3ccccc3Br)o2)c1. The zero-order chi connectivity index (χ0) is 14.8. The molecule has 0 unspecified atom stereocenters. The molecule has 0 amide bonds. The largest absolute Gasteiger partial charge is 0.416 e. The van der Waals surface area contributed by atoms with Gasteiger partial charge in [-0.3, -0.25) is 0 Å². The standard InChI is InChI=1S/C16H14BrN3O/c1-20(2)12-7-5-6-11(10-12)15-18-19-16(21-15)13-8-3-4-9-14(13)17/h3-10H,1-2H3. The fraction of sp³-hybridized carbons (Fsp3) is 0.125. The van der Waals surface area contributed by atoms with Crippen LogP contribution in [0.4, 0.5) is 5.69 Å². The summed E-state index contributed by atoms with van der Waals surface area (Å²) in [4.78, 5) is 2.04. The first-order chi connectivity index (χ1) is 10.1. The minimum atomic E-state index is 0.507. The molecule has 0 spiro atoms. The van der Waals surface area contributed by atoms with Gasteiger partial charge < -0.3 is 9.32 Å². The molecule has 4 nitrogen and oxygen atoms in total. The highest BCUT2D eigenvalue weighted by atomic mass is 79.9. The highest BCUT2D eigenvalue weighted by Crippen LogP contribution is 2.30. The fourth-order valence-corrected chi connectivity index (χ4v) is 2.45. The number of aromatic nitrogens is 2. The predicted octanol–water partition coefficient (Wildman–Crippen LogP) is 4.23. The summed E-state index contributed by atoms with van der Waals surface area (Å²) in [5.74, 6) is 1.03. The Balaban J connectivity index is 1.99. The van der Waals surface area contributed by atoms with E-state index < -0.39 is 0 Å². The third-order valence-corrected chi connectivity index (χ3v) is 3.83. The Labute approximate surface area is 131 Å². The van der Waals surface area contributed by atoms with Crippen LogP contribution in [-0.4, -0.2) is 24.3 Å². The molecular weight excluding hydrogens is 330 g/mol. The van der Waals surface area contributed by atoms with Crippen LogP contribution in [0.1, 0.15) is 0 Å². The topological polar surface area (TPSA) is 42.2 Å². The van der Waals surface area contributed by atoms with Gasteiger partial charge in [0, 0.05) is 29.8 Å². The Kier molecular flexibility index (Phi) is 3.75. The maximum Gasteiger partial charge on any atom is 0.249 e. The molecule has 0 fully saturated rings. The number of anilines is 1. The van der Waals surface area contributed by atoms with E-state index in [9.17, 15) is 0 Å². The third-order valence-electron chi connectivity index (χ3n) is 3.14. The van der Waals surface area contributed by atoms with Gasteiger partial charge in [-0.15, -0.1) is 10.2 Å². The van der Waals surface area contributed by atoms with Crippen molar-refractivity contribution in [3.05, 3.63) is 53.0 Å². The van der Waals surface area contributed by atoms with Crippen LogP contribution < -0.4 is 4.90 Å². The van der Waals surface area contributed by atoms with Gasteiger partial charge in [-0.25, -0.2) is 0 Å². The Morgan fingerprint density at radius 3 is 2.48 bits per heavy atom. The maximum absolute atomic E-state index is 5.80. The zero-order valence-electron chi connectivity index (χ0n) is 11.7. The zero-order valence-corrected chi connectivity index (χ0v) is 13.3. The van der Waals surface area contributed by atoms with Crippen LogP contribution in [0.3, 0.4) is 0 Å². The molecular formula is C16H14BrN3O. The second-order valence-electron chi connectivity index (χ2n) is 4.84. The molecule has 0 N–H and O–H groups in total. The molecule has 0 atom stereocenters. The van der Waals surface area contributed by atoms with E-state index in [1.165, 1.54) is 0 Å². The highest BCUT2D eigenvalue weighted by Gasteiger charge is 2.13. The average Bonchev–Trinajstić information content (AvgIpc) is 2.97. The quantitative estimate of drug-likeness (QED) is 0.713. The fourth-order valence-electron chi connectivity index (χ4n) is 2.00. The van der Waals surface area contributed by atoms with Gasteiger partial charge in [0.15, 0.2) is 0 Å². The Bertz CT molecular complexity index is 767. The van der Waals surface area contributed by atoms with Gasteiger partial charge in [0.2, 0.25) is 11.8 Å². The molecule has 0 saturated carbocycles. The molecule has 2 aromatic carbocycles. The minimum Gasteiger partial charge on any atom is -0.416 e. The first-order valence-electron chi connectivity index (χ1n) is 6.51. The first kappa shape index (κ1) is 13.8. The van der Waals surface area contributed by atoms with E-state index in [-0.39, 0.29) is 0 Å². The average molecular weight is 344 g/mol. The Hall–Kier alpha value is -2.14. The number of hydrogen-bond donors (Lipinski definition) is 0. The summed E-state index contributed by atoms with van der Waals surface area (Å²) in [7, 11) is 4.00. The van der Waals surface area contributed by atoms with E-state index >= 15 is 0 Å². The van der Waals surface area contributed by atoms with Crippen LogP contribution in [0.5, 0.6) is 0 Å². The van der Waals surface area contributed by atoms with E-state index in [1.54, 1.807) is 0 Å². The van der Waals surface area contributed by atoms with Crippen molar-refractivity contribution in [1.29, 1.82) is 0 Å². The summed E-state index contributed by atoms with van der Waals surface area (Å²) in [5, 5.41) is 8.29. The van der Waals surface area contributed by atoms with Gasteiger partial charge in [0.05, 0.1) is 5.56 Å². The molecule has 0 aliphatic rings. The molecule has 1 heterocycles. The van der Waals surface area contributed by atoms with Crippen LogP contribution in [-0.2, 0) is 0 Å². The van der Waals surface area contributed by atoms with E-state index in [1.807, 2.05) is 67.5 Å². The summed E-state index contributed by atoms with van der Waals surface area (Å²) in [6, 6.07) is 15.8. The van der Waals surface area contributed by atoms with Gasteiger partial charge in [-0.1, -0.05) is 18.2 Å². The van der Waals surface area contributed by atoms with Crippen molar-refractivity contribution in [3.8, 4) is 22.9 Å². The molecule has 5 heteroatoms. The van der Waals surface area contributed by atoms with Crippen LogP contribution in [0.25, 0.3) is 22.9 Å².